The van der Waals surface area contributed by atoms with Crippen LogP contribution in [0.3, 0.4) is 0 Å². The first-order valence-electron chi connectivity index (χ1n) is 6.07. The van der Waals surface area contributed by atoms with Crippen molar-refractivity contribution in [1.82, 2.24) is 10.8 Å². The van der Waals surface area contributed by atoms with Gasteiger partial charge in [-0.2, -0.15) is 0 Å². The Morgan fingerprint density at radius 2 is 1.42 bits per heavy atom. The van der Waals surface area contributed by atoms with E-state index in [1.165, 1.54) is 0 Å². The molecule has 0 saturated carbocycles. The predicted molar refractivity (Wildman–Crippen MR) is 72.7 cm³/mol. The van der Waals surface area contributed by atoms with E-state index in [1.807, 2.05) is 60.7 Å². The second-order valence-electron chi connectivity index (χ2n) is 4.17. The standard InChI is InChI=1S/C15H16N2O2/c18-14(17-19)11-16-15(12-7-3-1-4-8-12)13-9-5-2-6-10-13/h1-10,15-16,19H,11H2,(H,17,18). The van der Waals surface area contributed by atoms with Crippen molar-refractivity contribution in [1.29, 1.82) is 0 Å². The molecule has 0 heterocycles. The highest BCUT2D eigenvalue weighted by Crippen LogP contribution is 2.21. The van der Waals surface area contributed by atoms with Crippen LogP contribution in [0.15, 0.2) is 60.7 Å². The van der Waals surface area contributed by atoms with Crippen molar-refractivity contribution in [2.24, 2.45) is 0 Å². The topological polar surface area (TPSA) is 61.4 Å². The number of benzene rings is 2. The third-order valence-electron chi connectivity index (χ3n) is 2.86. The van der Waals surface area contributed by atoms with E-state index in [4.69, 9.17) is 5.21 Å². The van der Waals surface area contributed by atoms with Crippen molar-refractivity contribution in [2.75, 3.05) is 6.54 Å². The molecule has 4 nitrogen and oxygen atoms in total. The number of carbonyl (C=O) groups is 1. The maximum absolute atomic E-state index is 11.2. The third kappa shape index (κ3) is 3.64. The lowest BCUT2D eigenvalue weighted by atomic mass is 9.99. The van der Waals surface area contributed by atoms with Crippen molar-refractivity contribution >= 4 is 5.91 Å². The first-order valence-corrected chi connectivity index (χ1v) is 6.07. The van der Waals surface area contributed by atoms with Crippen LogP contribution in [0.25, 0.3) is 0 Å². The average molecular weight is 256 g/mol. The van der Waals surface area contributed by atoms with E-state index >= 15 is 0 Å². The molecule has 0 atom stereocenters. The Labute approximate surface area is 112 Å². The molecule has 4 heteroatoms. The van der Waals surface area contributed by atoms with Crippen LogP contribution in [-0.2, 0) is 4.79 Å². The number of hydrogen-bond acceptors (Lipinski definition) is 3. The molecule has 0 aliphatic carbocycles. The van der Waals surface area contributed by atoms with Gasteiger partial charge in [-0.05, 0) is 11.1 Å². The van der Waals surface area contributed by atoms with E-state index in [0.717, 1.165) is 11.1 Å². The number of nitrogens with one attached hydrogen (secondary N) is 2. The quantitative estimate of drug-likeness (QED) is 0.565. The molecule has 0 saturated heterocycles. The first-order chi connectivity index (χ1) is 9.31. The summed E-state index contributed by atoms with van der Waals surface area (Å²) in [6.45, 7) is 0.0466. The Morgan fingerprint density at radius 1 is 0.947 bits per heavy atom. The zero-order valence-electron chi connectivity index (χ0n) is 10.4. The average Bonchev–Trinajstić information content (AvgIpc) is 2.49. The minimum atomic E-state index is -0.461. The second kappa shape index (κ2) is 6.68. The molecule has 0 aliphatic heterocycles. The molecular formula is C15H16N2O2. The number of hydrogen-bond donors (Lipinski definition) is 3. The molecule has 1 amide bonds. The zero-order valence-corrected chi connectivity index (χ0v) is 10.4. The molecule has 2 aromatic rings. The lowest BCUT2D eigenvalue weighted by molar-refractivity contribution is -0.128. The van der Waals surface area contributed by atoms with E-state index in [-0.39, 0.29) is 12.6 Å². The second-order valence-corrected chi connectivity index (χ2v) is 4.17. The van der Waals surface area contributed by atoms with Crippen LogP contribution in [-0.4, -0.2) is 17.7 Å². The van der Waals surface area contributed by atoms with Gasteiger partial charge in [0.2, 0.25) is 0 Å². The number of carbonyl (C=O) groups excluding carboxylic acids is 1. The minimum Gasteiger partial charge on any atom is -0.298 e. The van der Waals surface area contributed by atoms with Gasteiger partial charge in [-0.1, -0.05) is 60.7 Å². The summed E-state index contributed by atoms with van der Waals surface area (Å²) in [5, 5.41) is 11.7. The molecule has 0 spiro atoms. The van der Waals surface area contributed by atoms with Gasteiger partial charge in [-0.25, -0.2) is 5.48 Å². The summed E-state index contributed by atoms with van der Waals surface area (Å²) in [4.78, 5) is 11.2. The van der Waals surface area contributed by atoms with E-state index in [0.29, 0.717) is 0 Å². The normalized spacial score (nSPS) is 10.4. The largest absolute Gasteiger partial charge is 0.298 e. The molecule has 0 bridgehead atoms. The molecule has 19 heavy (non-hydrogen) atoms. The molecule has 2 rings (SSSR count). The molecule has 2 aromatic carbocycles. The fourth-order valence-corrected chi connectivity index (χ4v) is 1.95. The summed E-state index contributed by atoms with van der Waals surface area (Å²) in [5.41, 5.74) is 3.76. The summed E-state index contributed by atoms with van der Waals surface area (Å²) < 4.78 is 0. The van der Waals surface area contributed by atoms with E-state index < -0.39 is 5.91 Å². The van der Waals surface area contributed by atoms with Gasteiger partial charge >= 0.3 is 0 Å². The Hall–Kier alpha value is -2.17. The van der Waals surface area contributed by atoms with Crippen molar-refractivity contribution in [3.8, 4) is 0 Å². The van der Waals surface area contributed by atoms with Crippen LogP contribution in [0.5, 0.6) is 0 Å². The van der Waals surface area contributed by atoms with Crippen molar-refractivity contribution in [3.63, 3.8) is 0 Å². The number of amides is 1. The highest BCUT2D eigenvalue weighted by Gasteiger charge is 2.14. The Bertz CT molecular complexity index is 475. The van der Waals surface area contributed by atoms with Crippen LogP contribution < -0.4 is 10.8 Å². The maximum Gasteiger partial charge on any atom is 0.257 e. The fourth-order valence-electron chi connectivity index (χ4n) is 1.95. The van der Waals surface area contributed by atoms with Crippen molar-refractivity contribution < 1.29 is 10.0 Å². The summed E-state index contributed by atoms with van der Waals surface area (Å²) in [6, 6.07) is 19.7. The van der Waals surface area contributed by atoms with Crippen molar-refractivity contribution in [2.45, 2.75) is 6.04 Å². The van der Waals surface area contributed by atoms with Gasteiger partial charge in [0.25, 0.3) is 5.91 Å². The molecule has 0 aliphatic rings. The molecule has 0 unspecified atom stereocenters. The summed E-state index contributed by atoms with van der Waals surface area (Å²) in [6.07, 6.45) is 0. The Morgan fingerprint density at radius 3 is 1.84 bits per heavy atom. The maximum atomic E-state index is 11.2. The Balaban J connectivity index is 2.21. The zero-order chi connectivity index (χ0) is 13.5. The SMILES string of the molecule is O=C(CNC(c1ccccc1)c1ccccc1)NO. The van der Waals surface area contributed by atoms with Gasteiger partial charge in [0.15, 0.2) is 0 Å². The number of rotatable bonds is 5. The van der Waals surface area contributed by atoms with Gasteiger partial charge in [0.1, 0.15) is 0 Å². The monoisotopic (exact) mass is 256 g/mol. The van der Waals surface area contributed by atoms with Crippen LogP contribution in [0.4, 0.5) is 0 Å². The van der Waals surface area contributed by atoms with Gasteiger partial charge in [0, 0.05) is 0 Å². The third-order valence-corrected chi connectivity index (χ3v) is 2.86. The smallest absolute Gasteiger partial charge is 0.257 e. The minimum absolute atomic E-state index is 0.0466. The molecular weight excluding hydrogens is 240 g/mol. The fraction of sp³-hybridized carbons (Fsp3) is 0.133. The molecule has 0 aromatic heterocycles. The lowest BCUT2D eigenvalue weighted by Crippen LogP contribution is -2.34. The van der Waals surface area contributed by atoms with Crippen LogP contribution in [0, 0.1) is 0 Å². The van der Waals surface area contributed by atoms with E-state index in [2.05, 4.69) is 5.32 Å². The van der Waals surface area contributed by atoms with Gasteiger partial charge in [0.05, 0.1) is 12.6 Å². The predicted octanol–water partition coefficient (Wildman–Crippen LogP) is 1.87. The number of hydroxylamine groups is 1. The van der Waals surface area contributed by atoms with Gasteiger partial charge in [-0.3, -0.25) is 15.3 Å². The molecule has 3 N–H and O–H groups in total. The van der Waals surface area contributed by atoms with Gasteiger partial charge < -0.3 is 0 Å². The van der Waals surface area contributed by atoms with E-state index in [1.54, 1.807) is 5.48 Å². The van der Waals surface area contributed by atoms with Gasteiger partial charge in [-0.15, -0.1) is 0 Å². The highest BCUT2D eigenvalue weighted by molar-refractivity contribution is 5.76. The molecule has 0 fully saturated rings. The van der Waals surface area contributed by atoms with Crippen LogP contribution in [0.2, 0.25) is 0 Å². The van der Waals surface area contributed by atoms with Crippen molar-refractivity contribution in [3.05, 3.63) is 71.8 Å². The van der Waals surface area contributed by atoms with Crippen LogP contribution >= 0.6 is 0 Å². The first kappa shape index (κ1) is 13.3. The summed E-state index contributed by atoms with van der Waals surface area (Å²) >= 11 is 0. The Kier molecular flexibility index (Phi) is 4.66. The highest BCUT2D eigenvalue weighted by atomic mass is 16.5. The summed E-state index contributed by atoms with van der Waals surface area (Å²) in [5.74, 6) is -0.461. The summed E-state index contributed by atoms with van der Waals surface area (Å²) in [7, 11) is 0. The molecule has 0 radical (unpaired) electrons. The molecule has 98 valence electrons. The lowest BCUT2D eigenvalue weighted by Gasteiger charge is -2.19. The van der Waals surface area contributed by atoms with E-state index in [9.17, 15) is 4.79 Å². The van der Waals surface area contributed by atoms with Crippen LogP contribution in [0.1, 0.15) is 17.2 Å².